The molecule has 0 spiro atoms. The molecule has 0 bridgehead atoms. The monoisotopic (exact) mass is 354 g/mol. The van der Waals surface area contributed by atoms with Crippen molar-refractivity contribution in [3.63, 3.8) is 0 Å². The molecule has 1 aromatic rings. The summed E-state index contributed by atoms with van der Waals surface area (Å²) in [4.78, 5) is 12.0. The van der Waals surface area contributed by atoms with Gasteiger partial charge in [0.15, 0.2) is 6.10 Å². The van der Waals surface area contributed by atoms with E-state index >= 15 is 0 Å². The number of rotatable bonds is 7. The van der Waals surface area contributed by atoms with Crippen LogP contribution in [0.3, 0.4) is 0 Å². The number of nitrogens with one attached hydrogen (secondary N) is 2. The number of ether oxygens (including phenoxy) is 1. The van der Waals surface area contributed by atoms with Crippen LogP contribution in [0.4, 0.5) is 0 Å². The van der Waals surface area contributed by atoms with Crippen LogP contribution in [-0.4, -0.2) is 24.6 Å². The third-order valence-corrected chi connectivity index (χ3v) is 4.04. The third-order valence-electron chi connectivity index (χ3n) is 3.55. The van der Waals surface area contributed by atoms with E-state index in [2.05, 4.69) is 40.4 Å². The highest BCUT2D eigenvalue weighted by Gasteiger charge is 2.26. The van der Waals surface area contributed by atoms with Crippen LogP contribution < -0.4 is 15.4 Å². The van der Waals surface area contributed by atoms with Gasteiger partial charge in [0, 0.05) is 22.1 Å². The molecule has 0 saturated heterocycles. The molecule has 1 saturated carbocycles. The molecule has 21 heavy (non-hydrogen) atoms. The average molecular weight is 355 g/mol. The summed E-state index contributed by atoms with van der Waals surface area (Å²) in [6, 6.07) is 6.40. The normalized spacial score (nSPS) is 17.1. The lowest BCUT2D eigenvalue weighted by Gasteiger charge is -2.21. The molecule has 1 fully saturated rings. The summed E-state index contributed by atoms with van der Waals surface area (Å²) >= 11 is 3.49. The van der Waals surface area contributed by atoms with Crippen molar-refractivity contribution < 1.29 is 9.53 Å². The van der Waals surface area contributed by atoms with Crippen LogP contribution in [0, 0.1) is 0 Å². The molecule has 0 aromatic heterocycles. The van der Waals surface area contributed by atoms with E-state index < -0.39 is 6.10 Å². The fraction of sp³-hybridized carbons (Fsp3) is 0.562. The molecule has 2 atom stereocenters. The first-order chi connectivity index (χ1) is 10.0. The van der Waals surface area contributed by atoms with Gasteiger partial charge in [-0.25, -0.2) is 0 Å². The van der Waals surface area contributed by atoms with Gasteiger partial charge in [-0.15, -0.1) is 0 Å². The molecule has 0 heterocycles. The number of benzene rings is 1. The molecule has 2 unspecified atom stereocenters. The van der Waals surface area contributed by atoms with Crippen molar-refractivity contribution >= 4 is 21.8 Å². The minimum Gasteiger partial charge on any atom is -0.481 e. The molecule has 1 aromatic carbocycles. The summed E-state index contributed by atoms with van der Waals surface area (Å²) < 4.78 is 6.89. The second kappa shape index (κ2) is 7.27. The molecule has 1 aliphatic rings. The topological polar surface area (TPSA) is 50.4 Å². The van der Waals surface area contributed by atoms with Gasteiger partial charge in [-0.2, -0.15) is 0 Å². The molecule has 2 rings (SSSR count). The van der Waals surface area contributed by atoms with E-state index in [0.717, 1.165) is 35.2 Å². The number of carbonyl (C=O) groups excluding carboxylic acids is 1. The van der Waals surface area contributed by atoms with Crippen molar-refractivity contribution in [2.24, 2.45) is 0 Å². The second-order valence-electron chi connectivity index (χ2n) is 5.50. The quantitative estimate of drug-likeness (QED) is 0.790. The highest BCUT2D eigenvalue weighted by atomic mass is 79.9. The van der Waals surface area contributed by atoms with Crippen molar-refractivity contribution in [2.75, 3.05) is 6.54 Å². The summed E-state index contributed by atoms with van der Waals surface area (Å²) in [7, 11) is 0. The first-order valence-electron chi connectivity index (χ1n) is 7.51. The summed E-state index contributed by atoms with van der Waals surface area (Å²) in [5, 5.41) is 6.34. The fourth-order valence-corrected chi connectivity index (χ4v) is 2.55. The lowest BCUT2D eigenvalue weighted by Crippen LogP contribution is -2.37. The maximum Gasteiger partial charge on any atom is 0.260 e. The van der Waals surface area contributed by atoms with Gasteiger partial charge in [0.25, 0.3) is 5.91 Å². The Bertz CT molecular complexity index is 503. The molecule has 2 N–H and O–H groups in total. The highest BCUT2D eigenvalue weighted by molar-refractivity contribution is 9.10. The van der Waals surface area contributed by atoms with Gasteiger partial charge < -0.3 is 15.4 Å². The Morgan fingerprint density at radius 3 is 2.76 bits per heavy atom. The van der Waals surface area contributed by atoms with E-state index in [1.54, 1.807) is 6.92 Å². The second-order valence-corrected chi connectivity index (χ2v) is 6.42. The van der Waals surface area contributed by atoms with E-state index in [4.69, 9.17) is 4.74 Å². The molecule has 1 amide bonds. The Hall–Kier alpha value is -1.07. The largest absolute Gasteiger partial charge is 0.481 e. The zero-order valence-corrected chi connectivity index (χ0v) is 14.4. The van der Waals surface area contributed by atoms with Gasteiger partial charge in [0.2, 0.25) is 0 Å². The van der Waals surface area contributed by atoms with Crippen LogP contribution >= 0.6 is 15.9 Å². The van der Waals surface area contributed by atoms with Gasteiger partial charge >= 0.3 is 0 Å². The van der Waals surface area contributed by atoms with Crippen molar-refractivity contribution in [3.8, 4) is 5.75 Å². The Balaban J connectivity index is 2.08. The summed E-state index contributed by atoms with van der Waals surface area (Å²) in [5.41, 5.74) is 1.05. The smallest absolute Gasteiger partial charge is 0.260 e. The van der Waals surface area contributed by atoms with Crippen LogP contribution in [0.2, 0.25) is 0 Å². The molecule has 5 heteroatoms. The van der Waals surface area contributed by atoms with Gasteiger partial charge in [0.1, 0.15) is 5.75 Å². The first kappa shape index (κ1) is 16.3. The van der Waals surface area contributed by atoms with E-state index in [-0.39, 0.29) is 11.9 Å². The molecule has 0 radical (unpaired) electrons. The number of halogens is 1. The van der Waals surface area contributed by atoms with Gasteiger partial charge in [0.05, 0.1) is 0 Å². The van der Waals surface area contributed by atoms with Crippen LogP contribution in [0.5, 0.6) is 5.75 Å². The maximum atomic E-state index is 12.0. The maximum absolute atomic E-state index is 12.0. The SMILES string of the molecule is CCNC(C)c1cc(Br)ccc1OC(C)C(=O)NC1CC1. The minimum atomic E-state index is -0.487. The predicted molar refractivity (Wildman–Crippen MR) is 87.5 cm³/mol. The van der Waals surface area contributed by atoms with Gasteiger partial charge in [-0.05, 0) is 51.4 Å². The van der Waals surface area contributed by atoms with Crippen molar-refractivity contribution in [1.29, 1.82) is 0 Å². The van der Waals surface area contributed by atoms with Crippen LogP contribution in [0.25, 0.3) is 0 Å². The average Bonchev–Trinajstić information content (AvgIpc) is 3.24. The van der Waals surface area contributed by atoms with Crippen molar-refractivity contribution in [2.45, 2.75) is 51.8 Å². The van der Waals surface area contributed by atoms with Crippen LogP contribution in [0.15, 0.2) is 22.7 Å². The van der Waals surface area contributed by atoms with Crippen molar-refractivity contribution in [1.82, 2.24) is 10.6 Å². The Morgan fingerprint density at radius 1 is 1.43 bits per heavy atom. The number of hydrogen-bond acceptors (Lipinski definition) is 3. The number of carbonyl (C=O) groups is 1. The Labute approximate surface area is 134 Å². The zero-order valence-electron chi connectivity index (χ0n) is 12.8. The van der Waals surface area contributed by atoms with Crippen LogP contribution in [0.1, 0.15) is 45.2 Å². The molecule has 116 valence electrons. The van der Waals surface area contributed by atoms with E-state index in [0.29, 0.717) is 6.04 Å². The first-order valence-corrected chi connectivity index (χ1v) is 8.30. The number of hydrogen-bond donors (Lipinski definition) is 2. The van der Waals surface area contributed by atoms with Crippen molar-refractivity contribution in [3.05, 3.63) is 28.2 Å². The molecule has 1 aliphatic carbocycles. The lowest BCUT2D eigenvalue weighted by molar-refractivity contribution is -0.127. The zero-order chi connectivity index (χ0) is 15.4. The predicted octanol–water partition coefficient (Wildman–Crippen LogP) is 3.17. The van der Waals surface area contributed by atoms with E-state index in [9.17, 15) is 4.79 Å². The fourth-order valence-electron chi connectivity index (χ4n) is 2.17. The summed E-state index contributed by atoms with van der Waals surface area (Å²) in [6.07, 6.45) is 1.68. The molecular formula is C16H23BrN2O2. The molecule has 4 nitrogen and oxygen atoms in total. The lowest BCUT2D eigenvalue weighted by atomic mass is 10.1. The summed E-state index contributed by atoms with van der Waals surface area (Å²) in [5.74, 6) is 0.715. The van der Waals surface area contributed by atoms with E-state index in [1.165, 1.54) is 0 Å². The standard InChI is InChI=1S/C16H23BrN2O2/c1-4-18-10(2)14-9-12(17)5-8-15(14)21-11(3)16(20)19-13-6-7-13/h5,8-11,13,18H,4,6-7H2,1-3H3,(H,19,20). The molecular weight excluding hydrogens is 332 g/mol. The minimum absolute atomic E-state index is 0.0394. The Kier molecular flexibility index (Phi) is 5.65. The Morgan fingerprint density at radius 2 is 2.14 bits per heavy atom. The van der Waals surface area contributed by atoms with E-state index in [1.807, 2.05) is 18.2 Å². The third kappa shape index (κ3) is 4.71. The van der Waals surface area contributed by atoms with Crippen LogP contribution in [-0.2, 0) is 4.79 Å². The summed E-state index contributed by atoms with van der Waals surface area (Å²) in [6.45, 7) is 6.83. The highest BCUT2D eigenvalue weighted by Crippen LogP contribution is 2.29. The number of amides is 1. The molecule has 0 aliphatic heterocycles. The van der Waals surface area contributed by atoms with Gasteiger partial charge in [-0.1, -0.05) is 22.9 Å². The van der Waals surface area contributed by atoms with Gasteiger partial charge in [-0.3, -0.25) is 4.79 Å².